The molecular formula is C13H20N6O5. The first-order valence-electron chi connectivity index (χ1n) is 7.15. The molecule has 0 saturated heterocycles. The van der Waals surface area contributed by atoms with E-state index >= 15 is 0 Å². The number of nitrogens with two attached hydrogens (primary N) is 1. The number of H-pyrrole nitrogens is 1. The number of hydrogen-bond donors (Lipinski definition) is 6. The highest BCUT2D eigenvalue weighted by atomic mass is 16.4. The van der Waals surface area contributed by atoms with Crippen LogP contribution in [0.4, 0.5) is 0 Å². The summed E-state index contributed by atoms with van der Waals surface area (Å²) in [6.45, 7) is -0.447. The van der Waals surface area contributed by atoms with Crippen molar-refractivity contribution in [3.8, 4) is 0 Å². The van der Waals surface area contributed by atoms with Crippen molar-refractivity contribution in [2.24, 2.45) is 5.73 Å². The van der Waals surface area contributed by atoms with Crippen LogP contribution in [-0.4, -0.2) is 64.4 Å². The van der Waals surface area contributed by atoms with E-state index in [1.807, 2.05) is 0 Å². The first-order valence-corrected chi connectivity index (χ1v) is 7.15. The quantitative estimate of drug-likeness (QED) is 0.264. The highest BCUT2D eigenvalue weighted by Gasteiger charge is 2.20. The normalized spacial score (nSPS) is 11.4. The summed E-state index contributed by atoms with van der Waals surface area (Å²) in [7, 11) is 0. The van der Waals surface area contributed by atoms with Crippen molar-refractivity contribution in [2.75, 3.05) is 19.6 Å². The second-order valence-corrected chi connectivity index (χ2v) is 4.82. The van der Waals surface area contributed by atoms with Crippen molar-refractivity contribution in [1.82, 2.24) is 25.9 Å². The highest BCUT2D eigenvalue weighted by Crippen LogP contribution is 1.99. The average Bonchev–Trinajstić information content (AvgIpc) is 3.04. The second kappa shape index (κ2) is 9.94. The number of hydrogen-bond acceptors (Lipinski definition) is 6. The Bertz CT molecular complexity index is 573. The van der Waals surface area contributed by atoms with Crippen molar-refractivity contribution in [1.29, 1.82) is 0 Å². The molecule has 0 spiro atoms. The number of nitrogens with zero attached hydrogens (tertiary/aromatic N) is 1. The van der Waals surface area contributed by atoms with E-state index in [-0.39, 0.29) is 32.5 Å². The molecule has 24 heavy (non-hydrogen) atoms. The molecule has 0 unspecified atom stereocenters. The van der Waals surface area contributed by atoms with Crippen LogP contribution in [0.3, 0.4) is 0 Å². The smallest absolute Gasteiger partial charge is 0.326 e. The molecule has 7 N–H and O–H groups in total. The zero-order valence-corrected chi connectivity index (χ0v) is 12.9. The topological polar surface area (TPSA) is 179 Å². The predicted molar refractivity (Wildman–Crippen MR) is 81.5 cm³/mol. The number of carboxylic acids is 1. The third-order valence-corrected chi connectivity index (χ3v) is 2.92. The minimum Gasteiger partial charge on any atom is -0.480 e. The molecule has 0 aliphatic rings. The summed E-state index contributed by atoms with van der Waals surface area (Å²) in [5.74, 6) is -2.64. The molecule has 132 valence electrons. The molecule has 1 atom stereocenters. The Morgan fingerprint density at radius 1 is 1.21 bits per heavy atom. The van der Waals surface area contributed by atoms with Gasteiger partial charge in [0.15, 0.2) is 0 Å². The SMILES string of the molecule is NCC(=O)NCC(=O)NCCC(=O)N[C@@H](Cc1cnc[nH]1)C(=O)O. The molecule has 0 saturated carbocycles. The van der Waals surface area contributed by atoms with Crippen LogP contribution in [0.25, 0.3) is 0 Å². The van der Waals surface area contributed by atoms with Crippen molar-refractivity contribution in [3.05, 3.63) is 18.2 Å². The summed E-state index contributed by atoms with van der Waals surface area (Å²) in [6.07, 6.45) is 2.86. The Kier molecular flexibility index (Phi) is 7.91. The predicted octanol–water partition coefficient (Wildman–Crippen LogP) is -2.90. The fourth-order valence-electron chi connectivity index (χ4n) is 1.71. The summed E-state index contributed by atoms with van der Waals surface area (Å²) in [4.78, 5) is 51.7. The van der Waals surface area contributed by atoms with Crippen molar-refractivity contribution in [3.63, 3.8) is 0 Å². The molecule has 11 nitrogen and oxygen atoms in total. The molecule has 1 aromatic heterocycles. The van der Waals surface area contributed by atoms with Gasteiger partial charge in [0.05, 0.1) is 19.4 Å². The number of imidazole rings is 1. The molecule has 0 radical (unpaired) electrons. The molecule has 0 fully saturated rings. The first kappa shape index (κ1) is 19.1. The Morgan fingerprint density at radius 3 is 2.54 bits per heavy atom. The zero-order valence-electron chi connectivity index (χ0n) is 12.9. The lowest BCUT2D eigenvalue weighted by molar-refractivity contribution is -0.141. The van der Waals surface area contributed by atoms with E-state index in [1.54, 1.807) is 0 Å². The average molecular weight is 340 g/mol. The molecule has 0 aromatic carbocycles. The molecule has 1 heterocycles. The number of carboxylic acid groups (broad SMARTS) is 1. The molecule has 0 aliphatic heterocycles. The molecular weight excluding hydrogens is 320 g/mol. The van der Waals surface area contributed by atoms with Gasteiger partial charge in [0.25, 0.3) is 0 Å². The molecule has 0 aliphatic carbocycles. The van der Waals surface area contributed by atoms with Crippen LogP contribution in [0.1, 0.15) is 12.1 Å². The Labute approximate surface area is 137 Å². The molecule has 11 heteroatoms. The maximum Gasteiger partial charge on any atom is 0.326 e. The van der Waals surface area contributed by atoms with E-state index < -0.39 is 29.7 Å². The van der Waals surface area contributed by atoms with Gasteiger partial charge in [-0.3, -0.25) is 14.4 Å². The van der Waals surface area contributed by atoms with E-state index in [2.05, 4.69) is 25.9 Å². The minimum atomic E-state index is -1.17. The number of aromatic amines is 1. The summed E-state index contributed by atoms with van der Waals surface area (Å²) >= 11 is 0. The highest BCUT2D eigenvalue weighted by molar-refractivity contribution is 5.86. The van der Waals surface area contributed by atoms with Crippen molar-refractivity contribution in [2.45, 2.75) is 18.9 Å². The summed E-state index contributed by atoms with van der Waals surface area (Å²) in [6, 6.07) is -1.10. The van der Waals surface area contributed by atoms with Gasteiger partial charge in [0.1, 0.15) is 6.04 Å². The number of rotatable bonds is 10. The van der Waals surface area contributed by atoms with Gasteiger partial charge >= 0.3 is 5.97 Å². The van der Waals surface area contributed by atoms with Crippen LogP contribution in [0.5, 0.6) is 0 Å². The molecule has 3 amide bonds. The molecule has 0 bridgehead atoms. The van der Waals surface area contributed by atoms with Crippen LogP contribution >= 0.6 is 0 Å². The number of aromatic nitrogens is 2. The van der Waals surface area contributed by atoms with Crippen LogP contribution in [-0.2, 0) is 25.6 Å². The second-order valence-electron chi connectivity index (χ2n) is 4.82. The van der Waals surface area contributed by atoms with Crippen LogP contribution in [0.15, 0.2) is 12.5 Å². The van der Waals surface area contributed by atoms with Crippen LogP contribution in [0.2, 0.25) is 0 Å². The first-order chi connectivity index (χ1) is 11.4. The minimum absolute atomic E-state index is 0.0135. The summed E-state index contributed by atoms with van der Waals surface area (Å²) in [5.41, 5.74) is 5.64. The van der Waals surface area contributed by atoms with Gasteiger partial charge in [-0.1, -0.05) is 0 Å². The zero-order chi connectivity index (χ0) is 17.9. The van der Waals surface area contributed by atoms with Gasteiger partial charge < -0.3 is 31.8 Å². The summed E-state index contributed by atoms with van der Waals surface area (Å²) in [5, 5.41) is 16.2. The van der Waals surface area contributed by atoms with E-state index in [1.165, 1.54) is 12.5 Å². The van der Waals surface area contributed by atoms with Gasteiger partial charge in [0, 0.05) is 31.3 Å². The molecule has 1 aromatic rings. The Morgan fingerprint density at radius 2 is 1.96 bits per heavy atom. The number of nitrogens with one attached hydrogen (secondary N) is 4. The number of aliphatic carboxylic acids is 1. The maximum absolute atomic E-state index is 11.7. The van der Waals surface area contributed by atoms with E-state index in [0.29, 0.717) is 5.69 Å². The third kappa shape index (κ3) is 7.35. The van der Waals surface area contributed by atoms with Gasteiger partial charge in [-0.25, -0.2) is 9.78 Å². The lowest BCUT2D eigenvalue weighted by Gasteiger charge is -2.14. The monoisotopic (exact) mass is 340 g/mol. The third-order valence-electron chi connectivity index (χ3n) is 2.92. The summed E-state index contributed by atoms with van der Waals surface area (Å²) < 4.78 is 0. The fraction of sp³-hybridized carbons (Fsp3) is 0.462. The van der Waals surface area contributed by atoms with E-state index in [4.69, 9.17) is 10.8 Å². The largest absolute Gasteiger partial charge is 0.480 e. The van der Waals surface area contributed by atoms with Gasteiger partial charge in [-0.05, 0) is 0 Å². The van der Waals surface area contributed by atoms with Crippen molar-refractivity contribution >= 4 is 23.7 Å². The number of amides is 3. The molecule has 1 rings (SSSR count). The lowest BCUT2D eigenvalue weighted by atomic mass is 10.1. The van der Waals surface area contributed by atoms with Gasteiger partial charge in [-0.15, -0.1) is 0 Å². The van der Waals surface area contributed by atoms with Crippen LogP contribution in [0, 0.1) is 0 Å². The maximum atomic E-state index is 11.7. The number of carbonyl (C=O) groups excluding carboxylic acids is 3. The fourth-order valence-corrected chi connectivity index (χ4v) is 1.71. The standard InChI is InChI=1S/C13H20N6O5/c14-4-11(21)17-6-12(22)16-2-1-10(20)19-9(13(23)24)3-8-5-15-7-18-8/h5,7,9H,1-4,6,14H2,(H,15,18)(H,16,22)(H,17,21)(H,19,20)(H,23,24)/t9-/m0/s1. The van der Waals surface area contributed by atoms with Gasteiger partial charge in [-0.2, -0.15) is 0 Å². The van der Waals surface area contributed by atoms with E-state index in [9.17, 15) is 19.2 Å². The van der Waals surface area contributed by atoms with Crippen LogP contribution < -0.4 is 21.7 Å². The Balaban J connectivity index is 2.29. The Hall–Kier alpha value is -2.95. The van der Waals surface area contributed by atoms with Crippen molar-refractivity contribution < 1.29 is 24.3 Å². The van der Waals surface area contributed by atoms with Gasteiger partial charge in [0.2, 0.25) is 17.7 Å². The lowest BCUT2D eigenvalue weighted by Crippen LogP contribution is -2.44. The van der Waals surface area contributed by atoms with E-state index in [0.717, 1.165) is 0 Å². The number of carbonyl (C=O) groups is 4.